The minimum atomic E-state index is -0.0455. The van der Waals surface area contributed by atoms with E-state index in [-0.39, 0.29) is 11.0 Å². The van der Waals surface area contributed by atoms with Gasteiger partial charge in [0.2, 0.25) is 0 Å². The molecule has 0 fully saturated rings. The van der Waals surface area contributed by atoms with Crippen molar-refractivity contribution in [3.05, 3.63) is 35.9 Å². The van der Waals surface area contributed by atoms with Crippen molar-refractivity contribution in [3.63, 3.8) is 0 Å². The Balaban J connectivity index is 0.00000225. The highest BCUT2D eigenvalue weighted by Crippen LogP contribution is 2.34. The summed E-state index contributed by atoms with van der Waals surface area (Å²) in [6, 6.07) is 10.7. The molecule has 0 aliphatic heterocycles. The number of hydrogen-bond acceptors (Lipinski definition) is 1. The number of benzene rings is 1. The quantitative estimate of drug-likeness (QED) is 0.819. The topological polar surface area (TPSA) is 57.5 Å². The van der Waals surface area contributed by atoms with E-state index in [1.165, 1.54) is 5.56 Å². The molecule has 0 saturated heterocycles. The zero-order valence-corrected chi connectivity index (χ0v) is 10.7. The normalized spacial score (nSPS) is 13.0. The van der Waals surface area contributed by atoms with Gasteiger partial charge in [-0.1, -0.05) is 51.1 Å². The second-order valence-electron chi connectivity index (χ2n) is 4.31. The molecule has 1 rings (SSSR count). The van der Waals surface area contributed by atoms with Crippen LogP contribution in [0.3, 0.4) is 0 Å². The summed E-state index contributed by atoms with van der Waals surface area (Å²) in [5.74, 6) is 0.480. The highest BCUT2D eigenvalue weighted by atomic mass is 16.0. The molecule has 0 aromatic heterocycles. The third kappa shape index (κ3) is 3.06. The Morgan fingerprint density at radius 2 is 1.56 bits per heavy atom. The molecule has 0 saturated carbocycles. The van der Waals surface area contributed by atoms with Crippen molar-refractivity contribution < 1.29 is 5.48 Å². The lowest BCUT2D eigenvalue weighted by Crippen LogP contribution is -2.44. The van der Waals surface area contributed by atoms with Gasteiger partial charge in [-0.3, -0.25) is 0 Å². The molecule has 1 unspecified atom stereocenters. The molecule has 2 heteroatoms. The van der Waals surface area contributed by atoms with Crippen molar-refractivity contribution in [1.82, 2.24) is 0 Å². The number of nitrogens with two attached hydrogens (primary N) is 1. The first-order valence-electron chi connectivity index (χ1n) is 6.01. The Kier molecular flexibility index (Phi) is 6.31. The maximum absolute atomic E-state index is 6.48. The van der Waals surface area contributed by atoms with Gasteiger partial charge in [0, 0.05) is 11.5 Å². The van der Waals surface area contributed by atoms with Crippen LogP contribution < -0.4 is 5.73 Å². The fourth-order valence-electron chi connectivity index (χ4n) is 2.40. The molecule has 0 amide bonds. The van der Waals surface area contributed by atoms with Crippen LogP contribution in [-0.2, 0) is 0 Å². The fourth-order valence-corrected chi connectivity index (χ4v) is 2.40. The summed E-state index contributed by atoms with van der Waals surface area (Å²) >= 11 is 0. The molecule has 0 heterocycles. The minimum Gasteiger partial charge on any atom is -0.412 e. The highest BCUT2D eigenvalue weighted by Gasteiger charge is 2.30. The van der Waals surface area contributed by atoms with Crippen LogP contribution in [0.15, 0.2) is 30.3 Å². The summed E-state index contributed by atoms with van der Waals surface area (Å²) in [6.45, 7) is 6.61. The first-order valence-corrected chi connectivity index (χ1v) is 6.01. The molecule has 0 radical (unpaired) electrons. The van der Waals surface area contributed by atoms with E-state index in [4.69, 9.17) is 5.73 Å². The maximum atomic E-state index is 6.48. The Bertz CT molecular complexity index is 280. The Morgan fingerprint density at radius 3 is 1.94 bits per heavy atom. The molecule has 4 N–H and O–H groups in total. The van der Waals surface area contributed by atoms with Crippen LogP contribution >= 0.6 is 0 Å². The molecule has 92 valence electrons. The van der Waals surface area contributed by atoms with Crippen molar-refractivity contribution in [2.24, 2.45) is 5.73 Å². The maximum Gasteiger partial charge on any atom is 0.0218 e. The monoisotopic (exact) mass is 223 g/mol. The van der Waals surface area contributed by atoms with Gasteiger partial charge in [0.15, 0.2) is 0 Å². The second-order valence-corrected chi connectivity index (χ2v) is 4.31. The third-order valence-corrected chi connectivity index (χ3v) is 3.62. The molecule has 0 bridgehead atoms. The van der Waals surface area contributed by atoms with Crippen molar-refractivity contribution in [2.45, 2.75) is 51.5 Å². The number of hydrogen-bond donors (Lipinski definition) is 1. The highest BCUT2D eigenvalue weighted by molar-refractivity contribution is 5.23. The predicted octanol–water partition coefficient (Wildman–Crippen LogP) is 2.87. The van der Waals surface area contributed by atoms with E-state index in [0.717, 1.165) is 19.3 Å². The lowest BCUT2D eigenvalue weighted by Gasteiger charge is -2.36. The molecule has 0 aliphatic carbocycles. The van der Waals surface area contributed by atoms with Crippen LogP contribution in [-0.4, -0.2) is 11.0 Å². The summed E-state index contributed by atoms with van der Waals surface area (Å²) in [6.07, 6.45) is 3.19. The van der Waals surface area contributed by atoms with Crippen LogP contribution in [0.2, 0.25) is 0 Å². The van der Waals surface area contributed by atoms with Crippen LogP contribution in [0.1, 0.15) is 51.5 Å². The largest absolute Gasteiger partial charge is 0.412 e. The van der Waals surface area contributed by atoms with Gasteiger partial charge in [0.1, 0.15) is 0 Å². The van der Waals surface area contributed by atoms with Crippen LogP contribution in [0.5, 0.6) is 0 Å². The van der Waals surface area contributed by atoms with Gasteiger partial charge in [-0.2, -0.15) is 0 Å². The van der Waals surface area contributed by atoms with Gasteiger partial charge in [-0.25, -0.2) is 0 Å². The first-order chi connectivity index (χ1) is 7.18. The molecule has 2 nitrogen and oxygen atoms in total. The predicted molar refractivity (Wildman–Crippen MR) is 70.6 cm³/mol. The van der Waals surface area contributed by atoms with Gasteiger partial charge in [0.25, 0.3) is 0 Å². The molecule has 1 aromatic carbocycles. The van der Waals surface area contributed by atoms with Gasteiger partial charge in [0.05, 0.1) is 0 Å². The SMILES string of the molecule is CCC(c1ccccc1)C(N)(CC)CC.O. The van der Waals surface area contributed by atoms with Crippen LogP contribution in [0, 0.1) is 0 Å². The molecular formula is C14H25NO. The molecule has 1 aromatic rings. The standard InChI is InChI=1S/C14H23N.H2O/c1-4-13(14(15,5-2)6-3)12-10-8-7-9-11-12;/h7-11,13H,4-6,15H2,1-3H3;1H2. The Hall–Kier alpha value is -0.860. The van der Waals surface area contributed by atoms with E-state index < -0.39 is 0 Å². The van der Waals surface area contributed by atoms with E-state index >= 15 is 0 Å². The van der Waals surface area contributed by atoms with Crippen molar-refractivity contribution >= 4 is 0 Å². The zero-order chi connectivity index (χ0) is 11.3. The zero-order valence-electron chi connectivity index (χ0n) is 10.7. The van der Waals surface area contributed by atoms with E-state index in [1.54, 1.807) is 0 Å². The van der Waals surface area contributed by atoms with Crippen molar-refractivity contribution in [1.29, 1.82) is 0 Å². The van der Waals surface area contributed by atoms with Crippen molar-refractivity contribution in [2.75, 3.05) is 0 Å². The lowest BCUT2D eigenvalue weighted by atomic mass is 9.75. The molecular weight excluding hydrogens is 198 g/mol. The van der Waals surface area contributed by atoms with E-state index in [1.807, 2.05) is 0 Å². The third-order valence-electron chi connectivity index (χ3n) is 3.62. The van der Waals surface area contributed by atoms with Gasteiger partial charge >= 0.3 is 0 Å². The summed E-state index contributed by atoms with van der Waals surface area (Å²) < 4.78 is 0. The molecule has 16 heavy (non-hydrogen) atoms. The average Bonchev–Trinajstić information content (AvgIpc) is 2.31. The van der Waals surface area contributed by atoms with E-state index in [2.05, 4.69) is 51.1 Å². The smallest absolute Gasteiger partial charge is 0.0218 e. The molecule has 0 spiro atoms. The summed E-state index contributed by atoms with van der Waals surface area (Å²) in [4.78, 5) is 0. The van der Waals surface area contributed by atoms with Crippen LogP contribution in [0.25, 0.3) is 0 Å². The second kappa shape index (κ2) is 6.66. The van der Waals surface area contributed by atoms with E-state index in [0.29, 0.717) is 5.92 Å². The van der Waals surface area contributed by atoms with Gasteiger partial charge < -0.3 is 11.2 Å². The summed E-state index contributed by atoms with van der Waals surface area (Å²) in [5, 5.41) is 0. The molecule has 1 atom stereocenters. The Labute approximate surface area is 99.2 Å². The van der Waals surface area contributed by atoms with E-state index in [9.17, 15) is 0 Å². The van der Waals surface area contributed by atoms with Crippen molar-refractivity contribution in [3.8, 4) is 0 Å². The summed E-state index contributed by atoms with van der Waals surface area (Å²) in [5.41, 5.74) is 7.82. The lowest BCUT2D eigenvalue weighted by molar-refractivity contribution is 0.313. The van der Waals surface area contributed by atoms with Gasteiger partial charge in [-0.15, -0.1) is 0 Å². The van der Waals surface area contributed by atoms with Gasteiger partial charge in [-0.05, 0) is 24.8 Å². The van der Waals surface area contributed by atoms with Crippen LogP contribution in [0.4, 0.5) is 0 Å². The molecule has 0 aliphatic rings. The Morgan fingerprint density at radius 1 is 1.06 bits per heavy atom. The average molecular weight is 223 g/mol. The first kappa shape index (κ1) is 15.1. The summed E-state index contributed by atoms with van der Waals surface area (Å²) in [7, 11) is 0. The fraction of sp³-hybridized carbons (Fsp3) is 0.571. The number of rotatable bonds is 5. The minimum absolute atomic E-state index is 0.